The van der Waals surface area contributed by atoms with Gasteiger partial charge >= 0.3 is 15.2 Å². The van der Waals surface area contributed by atoms with Crippen molar-refractivity contribution < 1.29 is 38.3 Å². The van der Waals surface area contributed by atoms with Gasteiger partial charge in [0.05, 0.1) is 27.7 Å². The summed E-state index contributed by atoms with van der Waals surface area (Å²) in [5.41, 5.74) is 0. The monoisotopic (exact) mass is 377 g/mol. The van der Waals surface area contributed by atoms with E-state index in [0.29, 0.717) is 13.1 Å². The highest BCUT2D eigenvalue weighted by molar-refractivity contribution is 7.72. The number of quaternary nitrogens is 1. The Kier molecular flexibility index (Phi) is 9.11. The second-order valence-electron chi connectivity index (χ2n) is 6.79. The predicted octanol–water partition coefficient (Wildman–Crippen LogP) is 0.234. The van der Waals surface area contributed by atoms with Crippen LogP contribution in [0.5, 0.6) is 0 Å². The molecule has 0 aromatic carbocycles. The number of nitrogens with one attached hydrogen (secondary N) is 1. The first-order valence-corrected chi connectivity index (χ1v) is 10.8. The average Bonchev–Trinajstić information content (AvgIpc) is 2.32. The van der Waals surface area contributed by atoms with Gasteiger partial charge in [0.2, 0.25) is 0 Å². The van der Waals surface area contributed by atoms with Gasteiger partial charge in [0.25, 0.3) is 5.08 Å². The molecular weight excluding hydrogens is 346 g/mol. The van der Waals surface area contributed by atoms with Crippen LogP contribution < -0.4 is 5.32 Å². The lowest BCUT2D eigenvalue weighted by Crippen LogP contribution is -2.35. The Labute approximate surface area is 137 Å². The molecule has 0 saturated carbocycles. The van der Waals surface area contributed by atoms with Crippen LogP contribution in [-0.2, 0) is 9.13 Å². The van der Waals surface area contributed by atoms with Crippen LogP contribution in [0.2, 0.25) is 0 Å². The summed E-state index contributed by atoms with van der Waals surface area (Å²) in [4.78, 5) is 35.9. The van der Waals surface area contributed by atoms with Gasteiger partial charge in [-0.2, -0.15) is 0 Å². The molecule has 0 radical (unpaired) electrons. The summed E-state index contributed by atoms with van der Waals surface area (Å²) in [6, 6.07) is 0. The molecule has 0 aromatic heterocycles. The first kappa shape index (κ1) is 23.2. The molecule has 0 bridgehead atoms. The summed E-state index contributed by atoms with van der Waals surface area (Å²) >= 11 is 0. The van der Waals surface area contributed by atoms with Gasteiger partial charge in [-0.05, 0) is 38.8 Å². The normalized spacial score (nSPS) is 14.3. The van der Waals surface area contributed by atoms with Gasteiger partial charge in [-0.25, -0.2) is 0 Å². The van der Waals surface area contributed by atoms with E-state index in [0.717, 1.165) is 30.3 Å². The highest BCUT2D eigenvalue weighted by atomic mass is 31.2. The van der Waals surface area contributed by atoms with Gasteiger partial charge < -0.3 is 34.5 Å². The van der Waals surface area contributed by atoms with Crippen molar-refractivity contribution >= 4 is 15.2 Å². The Bertz CT molecular complexity index is 419. The number of aliphatic hydroxyl groups is 1. The summed E-state index contributed by atoms with van der Waals surface area (Å²) in [7, 11) is -4.29. The van der Waals surface area contributed by atoms with E-state index in [1.165, 1.54) is 0 Å². The van der Waals surface area contributed by atoms with Crippen molar-refractivity contribution in [2.45, 2.75) is 37.2 Å². The molecule has 9 nitrogen and oxygen atoms in total. The van der Waals surface area contributed by atoms with Gasteiger partial charge in [-0.1, -0.05) is 0 Å². The average molecular weight is 377 g/mol. The fourth-order valence-electron chi connectivity index (χ4n) is 2.05. The van der Waals surface area contributed by atoms with Crippen LogP contribution in [0.1, 0.15) is 32.1 Å². The van der Waals surface area contributed by atoms with E-state index >= 15 is 0 Å². The second-order valence-corrected chi connectivity index (χ2v) is 10.8. The zero-order valence-electron chi connectivity index (χ0n) is 14.1. The van der Waals surface area contributed by atoms with Gasteiger partial charge in [-0.3, -0.25) is 9.13 Å². The van der Waals surface area contributed by atoms with E-state index in [-0.39, 0.29) is 6.42 Å². The minimum absolute atomic E-state index is 0.0472. The molecule has 23 heavy (non-hydrogen) atoms. The van der Waals surface area contributed by atoms with E-state index in [1.807, 2.05) is 0 Å². The molecule has 0 aliphatic heterocycles. The molecule has 0 spiro atoms. The van der Waals surface area contributed by atoms with E-state index in [4.69, 9.17) is 19.6 Å². The topological polar surface area (TPSA) is 147 Å². The number of unbranched alkanes of at least 4 members (excludes halogenated alkanes) is 2. The molecule has 0 rings (SSSR count). The Hall–Kier alpha value is 0.180. The molecule has 11 heteroatoms. The standard InChI is InChI=1S/C12H30N2O7P2/c1-14(2,3)11-6-4-5-9-13-10-7-8-12(15,22(16,17)18)23(19,20)21/h13,15H,4-11H2,1-3H3,(H3-,16,17,18,19,20,21)/p+1. The smallest absolute Gasteiger partial charge is 0.368 e. The zero-order chi connectivity index (χ0) is 18.4. The third kappa shape index (κ3) is 8.72. The summed E-state index contributed by atoms with van der Waals surface area (Å²) in [6.07, 6.45) is 2.47. The van der Waals surface area contributed by atoms with Crippen LogP contribution in [0.15, 0.2) is 0 Å². The maximum Gasteiger partial charge on any atom is 0.369 e. The molecular formula is C12H31N2O7P2+. The minimum atomic E-state index is -5.33. The van der Waals surface area contributed by atoms with Crippen molar-refractivity contribution in [3.63, 3.8) is 0 Å². The number of rotatable bonds is 12. The van der Waals surface area contributed by atoms with Crippen molar-refractivity contribution in [3.05, 3.63) is 0 Å². The number of hydrogen-bond donors (Lipinski definition) is 6. The van der Waals surface area contributed by atoms with Crippen LogP contribution in [0, 0.1) is 0 Å². The van der Waals surface area contributed by atoms with Crippen LogP contribution in [0.25, 0.3) is 0 Å². The summed E-state index contributed by atoms with van der Waals surface area (Å²) in [5.74, 6) is 0. The van der Waals surface area contributed by atoms with Gasteiger partial charge in [0.15, 0.2) is 0 Å². The number of nitrogens with zero attached hydrogens (tertiary/aromatic N) is 1. The van der Waals surface area contributed by atoms with Crippen molar-refractivity contribution in [3.8, 4) is 0 Å². The molecule has 140 valence electrons. The molecule has 0 atom stereocenters. The minimum Gasteiger partial charge on any atom is -0.368 e. The summed E-state index contributed by atoms with van der Waals surface area (Å²) in [6.45, 7) is 2.11. The fraction of sp³-hybridized carbons (Fsp3) is 1.00. The first-order chi connectivity index (χ1) is 10.2. The zero-order valence-corrected chi connectivity index (χ0v) is 15.8. The lowest BCUT2D eigenvalue weighted by atomic mass is 10.2. The Morgan fingerprint density at radius 1 is 0.870 bits per heavy atom. The lowest BCUT2D eigenvalue weighted by Gasteiger charge is -2.29. The third-order valence-electron chi connectivity index (χ3n) is 3.48. The van der Waals surface area contributed by atoms with Gasteiger partial charge in [-0.15, -0.1) is 0 Å². The van der Waals surface area contributed by atoms with Crippen molar-refractivity contribution in [1.29, 1.82) is 0 Å². The van der Waals surface area contributed by atoms with Crippen LogP contribution >= 0.6 is 15.2 Å². The second kappa shape index (κ2) is 9.04. The van der Waals surface area contributed by atoms with Crippen molar-refractivity contribution in [1.82, 2.24) is 5.32 Å². The van der Waals surface area contributed by atoms with E-state index in [2.05, 4.69) is 26.5 Å². The lowest BCUT2D eigenvalue weighted by molar-refractivity contribution is -0.870. The van der Waals surface area contributed by atoms with E-state index < -0.39 is 26.7 Å². The highest BCUT2D eigenvalue weighted by Crippen LogP contribution is 2.69. The van der Waals surface area contributed by atoms with Gasteiger partial charge in [0, 0.05) is 6.42 Å². The predicted molar refractivity (Wildman–Crippen MR) is 87.9 cm³/mol. The molecule has 0 amide bonds. The van der Waals surface area contributed by atoms with Crippen LogP contribution in [-0.4, -0.2) is 75.0 Å². The molecule has 0 aromatic rings. The maximum absolute atomic E-state index is 11.1. The number of hydrogen-bond acceptors (Lipinski definition) is 4. The quantitative estimate of drug-likeness (QED) is 0.161. The SMILES string of the molecule is C[N+](C)(C)CCCCCNCCCC(O)(P(=O)(O)O)P(=O)(O)O. The largest absolute Gasteiger partial charge is 0.369 e. The Morgan fingerprint density at radius 2 is 1.35 bits per heavy atom. The van der Waals surface area contributed by atoms with Crippen LogP contribution in [0.3, 0.4) is 0 Å². The summed E-state index contributed by atoms with van der Waals surface area (Å²) in [5, 5.41) is 9.41. The molecule has 6 N–H and O–H groups in total. The molecule has 0 heterocycles. The summed E-state index contributed by atoms with van der Waals surface area (Å²) < 4.78 is 23.2. The molecule has 0 aliphatic rings. The fourth-order valence-corrected chi connectivity index (χ4v) is 4.31. The van der Waals surface area contributed by atoms with E-state index in [1.54, 1.807) is 0 Å². The highest BCUT2D eigenvalue weighted by Gasteiger charge is 2.58. The van der Waals surface area contributed by atoms with Gasteiger partial charge in [0.1, 0.15) is 0 Å². The maximum atomic E-state index is 11.1. The third-order valence-corrected chi connectivity index (χ3v) is 7.36. The van der Waals surface area contributed by atoms with E-state index in [9.17, 15) is 14.2 Å². The van der Waals surface area contributed by atoms with Crippen molar-refractivity contribution in [2.75, 3.05) is 40.8 Å². The molecule has 0 saturated heterocycles. The Morgan fingerprint density at radius 3 is 1.78 bits per heavy atom. The first-order valence-electron chi connectivity index (χ1n) is 7.55. The molecule has 0 unspecified atom stereocenters. The molecule has 0 aliphatic carbocycles. The Balaban J connectivity index is 3.99. The van der Waals surface area contributed by atoms with Crippen molar-refractivity contribution in [2.24, 2.45) is 0 Å². The van der Waals surface area contributed by atoms with Crippen LogP contribution in [0.4, 0.5) is 0 Å². The molecule has 0 fully saturated rings.